The van der Waals surface area contributed by atoms with Crippen LogP contribution in [0.2, 0.25) is 0 Å². The van der Waals surface area contributed by atoms with Gasteiger partial charge in [-0.05, 0) is 44.2 Å². The molecule has 1 amide bonds. The molecule has 0 radical (unpaired) electrons. The number of aromatic nitrogens is 4. The number of nitrogens with one attached hydrogen (secondary N) is 1. The highest BCUT2D eigenvalue weighted by molar-refractivity contribution is 5.94. The van der Waals surface area contributed by atoms with Crippen molar-refractivity contribution in [2.24, 2.45) is 0 Å². The molecule has 0 aliphatic heterocycles. The summed E-state index contributed by atoms with van der Waals surface area (Å²) in [4.78, 5) is 12.3. The first-order chi connectivity index (χ1) is 12.1. The van der Waals surface area contributed by atoms with Crippen LogP contribution < -0.4 is 5.32 Å². The zero-order valence-electron chi connectivity index (χ0n) is 14.3. The Morgan fingerprint density at radius 1 is 1.24 bits per heavy atom. The molecule has 0 spiro atoms. The van der Waals surface area contributed by atoms with Crippen molar-refractivity contribution in [2.45, 2.75) is 26.9 Å². The van der Waals surface area contributed by atoms with Crippen LogP contribution in [0.5, 0.6) is 0 Å². The summed E-state index contributed by atoms with van der Waals surface area (Å²) < 4.78 is 3.50. The Morgan fingerprint density at radius 3 is 2.64 bits per heavy atom. The van der Waals surface area contributed by atoms with Crippen LogP contribution in [-0.4, -0.2) is 37.2 Å². The number of aliphatic hydroxyl groups excluding tert-OH is 1. The van der Waals surface area contributed by atoms with Gasteiger partial charge >= 0.3 is 0 Å². The summed E-state index contributed by atoms with van der Waals surface area (Å²) in [7, 11) is 0. The van der Waals surface area contributed by atoms with Gasteiger partial charge in [0.1, 0.15) is 0 Å². The predicted molar refractivity (Wildman–Crippen MR) is 93.5 cm³/mol. The lowest BCUT2D eigenvalue weighted by Gasteiger charge is -2.07. The third-order valence-electron chi connectivity index (χ3n) is 3.85. The van der Waals surface area contributed by atoms with Crippen LogP contribution >= 0.6 is 0 Å². The molecule has 7 nitrogen and oxygen atoms in total. The van der Waals surface area contributed by atoms with E-state index in [-0.39, 0.29) is 12.5 Å². The molecule has 2 N–H and O–H groups in total. The van der Waals surface area contributed by atoms with Crippen molar-refractivity contribution in [1.82, 2.24) is 24.9 Å². The number of benzene rings is 1. The second-order valence-electron chi connectivity index (χ2n) is 5.90. The van der Waals surface area contributed by atoms with Crippen LogP contribution in [0.4, 0.5) is 0 Å². The van der Waals surface area contributed by atoms with Gasteiger partial charge in [0.05, 0.1) is 30.7 Å². The number of carbonyl (C=O) groups is 1. The van der Waals surface area contributed by atoms with E-state index in [1.54, 1.807) is 23.0 Å². The van der Waals surface area contributed by atoms with Crippen LogP contribution in [0.25, 0.3) is 5.69 Å². The highest BCUT2D eigenvalue weighted by Crippen LogP contribution is 2.13. The molecule has 0 aliphatic carbocycles. The highest BCUT2D eigenvalue weighted by atomic mass is 16.3. The third kappa shape index (κ3) is 3.95. The van der Waals surface area contributed by atoms with Crippen LogP contribution in [0.1, 0.15) is 27.3 Å². The largest absolute Gasteiger partial charge is 0.394 e. The summed E-state index contributed by atoms with van der Waals surface area (Å²) in [6.45, 7) is 4.83. The molecule has 1 aromatic carbocycles. The predicted octanol–water partition coefficient (Wildman–Crippen LogP) is 1.61. The zero-order valence-corrected chi connectivity index (χ0v) is 14.3. The third-order valence-corrected chi connectivity index (χ3v) is 3.85. The van der Waals surface area contributed by atoms with Gasteiger partial charge < -0.3 is 10.4 Å². The number of aliphatic hydroxyl groups is 1. The first kappa shape index (κ1) is 16.9. The molecule has 130 valence electrons. The Kier molecular flexibility index (Phi) is 4.95. The molecule has 2 aromatic heterocycles. The van der Waals surface area contributed by atoms with Crippen molar-refractivity contribution < 1.29 is 9.90 Å². The van der Waals surface area contributed by atoms with Crippen molar-refractivity contribution in [3.63, 3.8) is 0 Å². The number of carbonyl (C=O) groups excluding carboxylic acids is 1. The summed E-state index contributed by atoms with van der Waals surface area (Å²) >= 11 is 0. The number of rotatable bonds is 6. The standard InChI is InChI=1S/C18H21N5O2/c1-13-9-14(2)23(21-13)17-5-3-16(4-6-17)18(25)19-10-15-11-20-22(12-15)7-8-24/h3-6,9,11-12,24H,7-8,10H2,1-2H3,(H,19,25). The smallest absolute Gasteiger partial charge is 0.251 e. The number of hydrogen-bond acceptors (Lipinski definition) is 4. The lowest BCUT2D eigenvalue weighted by atomic mass is 10.2. The first-order valence-corrected chi connectivity index (χ1v) is 8.11. The molecule has 0 atom stereocenters. The summed E-state index contributed by atoms with van der Waals surface area (Å²) in [6.07, 6.45) is 3.49. The molecule has 0 unspecified atom stereocenters. The van der Waals surface area contributed by atoms with Crippen molar-refractivity contribution in [3.8, 4) is 5.69 Å². The average Bonchev–Trinajstić information content (AvgIpc) is 3.19. The minimum Gasteiger partial charge on any atom is -0.394 e. The molecule has 7 heteroatoms. The summed E-state index contributed by atoms with van der Waals surface area (Å²) in [5.41, 5.74) is 4.41. The van der Waals surface area contributed by atoms with Crippen molar-refractivity contribution >= 4 is 5.91 Å². The normalized spacial score (nSPS) is 10.8. The number of hydrogen-bond donors (Lipinski definition) is 2. The highest BCUT2D eigenvalue weighted by Gasteiger charge is 2.08. The first-order valence-electron chi connectivity index (χ1n) is 8.11. The van der Waals surface area contributed by atoms with E-state index in [1.807, 2.05) is 42.9 Å². The molecule has 2 heterocycles. The van der Waals surface area contributed by atoms with E-state index in [4.69, 9.17) is 5.11 Å². The Morgan fingerprint density at radius 2 is 2.00 bits per heavy atom. The Labute approximate surface area is 145 Å². The maximum Gasteiger partial charge on any atom is 0.251 e. The monoisotopic (exact) mass is 339 g/mol. The summed E-state index contributed by atoms with van der Waals surface area (Å²) in [6, 6.07) is 9.35. The molecule has 3 rings (SSSR count). The topological polar surface area (TPSA) is 85.0 Å². The van der Waals surface area contributed by atoms with E-state index >= 15 is 0 Å². The molecule has 0 saturated heterocycles. The van der Waals surface area contributed by atoms with Gasteiger partial charge in [0, 0.05) is 29.6 Å². The van der Waals surface area contributed by atoms with Gasteiger partial charge in [0.2, 0.25) is 0 Å². The summed E-state index contributed by atoms with van der Waals surface area (Å²) in [5.74, 6) is -0.144. The lowest BCUT2D eigenvalue weighted by Crippen LogP contribution is -2.22. The van der Waals surface area contributed by atoms with E-state index in [1.165, 1.54) is 0 Å². The van der Waals surface area contributed by atoms with Crippen LogP contribution in [0, 0.1) is 13.8 Å². The Bertz CT molecular complexity index is 864. The van der Waals surface area contributed by atoms with Gasteiger partial charge in [0.25, 0.3) is 5.91 Å². The maximum absolute atomic E-state index is 12.3. The SMILES string of the molecule is Cc1cc(C)n(-c2ccc(C(=O)NCc3cnn(CCO)c3)cc2)n1. The molecular weight excluding hydrogens is 318 g/mol. The van der Waals surface area contributed by atoms with E-state index in [0.29, 0.717) is 18.7 Å². The van der Waals surface area contributed by atoms with Crippen LogP contribution in [0.15, 0.2) is 42.7 Å². The molecule has 3 aromatic rings. The van der Waals surface area contributed by atoms with E-state index in [0.717, 1.165) is 22.6 Å². The fourth-order valence-corrected chi connectivity index (χ4v) is 2.65. The fraction of sp³-hybridized carbons (Fsp3) is 0.278. The van der Waals surface area contributed by atoms with Crippen LogP contribution in [-0.2, 0) is 13.1 Å². The van der Waals surface area contributed by atoms with Gasteiger partial charge in [0.15, 0.2) is 0 Å². The van der Waals surface area contributed by atoms with E-state index in [9.17, 15) is 4.79 Å². The average molecular weight is 339 g/mol. The molecule has 0 saturated carbocycles. The number of aryl methyl sites for hydroxylation is 2. The lowest BCUT2D eigenvalue weighted by molar-refractivity contribution is 0.0951. The van der Waals surface area contributed by atoms with Gasteiger partial charge in [-0.2, -0.15) is 10.2 Å². The van der Waals surface area contributed by atoms with Crippen molar-refractivity contribution in [3.05, 3.63) is 65.2 Å². The summed E-state index contributed by atoms with van der Waals surface area (Å²) in [5, 5.41) is 20.3. The molecule has 0 aliphatic rings. The van der Waals surface area contributed by atoms with Crippen LogP contribution in [0.3, 0.4) is 0 Å². The minimum atomic E-state index is -0.144. The van der Waals surface area contributed by atoms with Crippen molar-refractivity contribution in [1.29, 1.82) is 0 Å². The molecule has 0 fully saturated rings. The second-order valence-corrected chi connectivity index (χ2v) is 5.90. The zero-order chi connectivity index (χ0) is 17.8. The fourth-order valence-electron chi connectivity index (χ4n) is 2.65. The molecular formula is C18H21N5O2. The Balaban J connectivity index is 1.63. The van der Waals surface area contributed by atoms with Gasteiger partial charge in [-0.1, -0.05) is 0 Å². The maximum atomic E-state index is 12.3. The quantitative estimate of drug-likeness (QED) is 0.714. The van der Waals surface area contributed by atoms with Gasteiger partial charge in [-0.15, -0.1) is 0 Å². The molecule has 0 bridgehead atoms. The Hall–Kier alpha value is -2.93. The van der Waals surface area contributed by atoms with Gasteiger partial charge in [-0.3, -0.25) is 9.48 Å². The number of nitrogens with zero attached hydrogens (tertiary/aromatic N) is 4. The minimum absolute atomic E-state index is 0.0368. The van der Waals surface area contributed by atoms with Gasteiger partial charge in [-0.25, -0.2) is 4.68 Å². The van der Waals surface area contributed by atoms with E-state index < -0.39 is 0 Å². The number of amides is 1. The van der Waals surface area contributed by atoms with E-state index in [2.05, 4.69) is 15.5 Å². The molecule has 25 heavy (non-hydrogen) atoms. The second kappa shape index (κ2) is 7.31. The van der Waals surface area contributed by atoms with Crippen molar-refractivity contribution in [2.75, 3.05) is 6.61 Å².